The second kappa shape index (κ2) is 7.90. The second-order valence-corrected chi connectivity index (χ2v) is 5.24. The summed E-state index contributed by atoms with van der Waals surface area (Å²) < 4.78 is 5.95. The van der Waals surface area contributed by atoms with Crippen LogP contribution < -0.4 is 15.4 Å². The molecule has 0 radical (unpaired) electrons. The first-order valence-electron chi connectivity index (χ1n) is 7.51. The predicted molar refractivity (Wildman–Crippen MR) is 79.7 cm³/mol. The van der Waals surface area contributed by atoms with Crippen LogP contribution in [-0.4, -0.2) is 25.1 Å². The van der Waals surface area contributed by atoms with E-state index in [-0.39, 0.29) is 5.91 Å². The molecule has 110 valence electrons. The van der Waals surface area contributed by atoms with Crippen molar-refractivity contribution in [2.24, 2.45) is 0 Å². The number of carbonyl (C=O) groups is 1. The molecular weight excluding hydrogens is 252 g/mol. The molecule has 4 nitrogen and oxygen atoms in total. The van der Waals surface area contributed by atoms with Gasteiger partial charge in [-0.2, -0.15) is 0 Å². The normalized spacial score (nSPS) is 15.8. The Labute approximate surface area is 120 Å². The highest BCUT2D eigenvalue weighted by Crippen LogP contribution is 2.17. The molecule has 1 saturated heterocycles. The van der Waals surface area contributed by atoms with Gasteiger partial charge in [0.15, 0.2) is 0 Å². The largest absolute Gasteiger partial charge is 0.490 e. The summed E-state index contributed by atoms with van der Waals surface area (Å²) in [5, 5.41) is 6.24. The summed E-state index contributed by atoms with van der Waals surface area (Å²) >= 11 is 0. The Bertz CT molecular complexity index is 411. The lowest BCUT2D eigenvalue weighted by atomic mass is 10.1. The molecule has 1 heterocycles. The number of carbonyl (C=O) groups excluding carboxylic acids is 1. The van der Waals surface area contributed by atoms with Crippen LogP contribution in [0.5, 0.6) is 5.75 Å². The van der Waals surface area contributed by atoms with Crippen molar-refractivity contribution in [3.8, 4) is 5.75 Å². The van der Waals surface area contributed by atoms with Crippen LogP contribution in [0, 0.1) is 0 Å². The Morgan fingerprint density at radius 3 is 2.65 bits per heavy atom. The van der Waals surface area contributed by atoms with Gasteiger partial charge < -0.3 is 15.4 Å². The van der Waals surface area contributed by atoms with Crippen LogP contribution in [0.4, 0.5) is 0 Å². The Morgan fingerprint density at radius 2 is 2.00 bits per heavy atom. The average molecular weight is 276 g/mol. The van der Waals surface area contributed by atoms with Crippen molar-refractivity contribution < 1.29 is 9.53 Å². The van der Waals surface area contributed by atoms with E-state index < -0.39 is 0 Å². The maximum absolute atomic E-state index is 11.4. The molecule has 1 fully saturated rings. The Kier molecular flexibility index (Phi) is 5.87. The Balaban J connectivity index is 1.78. The van der Waals surface area contributed by atoms with Crippen LogP contribution in [0.25, 0.3) is 0 Å². The van der Waals surface area contributed by atoms with Crippen molar-refractivity contribution in [2.75, 3.05) is 13.1 Å². The van der Waals surface area contributed by atoms with Gasteiger partial charge in [0.1, 0.15) is 11.9 Å². The molecule has 0 atom stereocenters. The second-order valence-electron chi connectivity index (χ2n) is 5.24. The zero-order valence-electron chi connectivity index (χ0n) is 12.2. The monoisotopic (exact) mass is 276 g/mol. The van der Waals surface area contributed by atoms with Gasteiger partial charge in [-0.15, -0.1) is 0 Å². The van der Waals surface area contributed by atoms with Gasteiger partial charge in [0, 0.05) is 13.0 Å². The van der Waals surface area contributed by atoms with Crippen molar-refractivity contribution in [1.82, 2.24) is 10.6 Å². The van der Waals surface area contributed by atoms with Gasteiger partial charge in [0.2, 0.25) is 5.91 Å². The number of hydrogen-bond donors (Lipinski definition) is 2. The number of hydrogen-bond acceptors (Lipinski definition) is 3. The van der Waals surface area contributed by atoms with Crippen LogP contribution in [0.1, 0.15) is 38.2 Å². The molecule has 0 bridgehead atoms. The summed E-state index contributed by atoms with van der Waals surface area (Å²) in [6.45, 7) is 4.66. The van der Waals surface area contributed by atoms with E-state index >= 15 is 0 Å². The van der Waals surface area contributed by atoms with E-state index in [0.29, 0.717) is 19.1 Å². The number of ether oxygens (including phenoxy) is 1. The number of amides is 1. The minimum Gasteiger partial charge on any atom is -0.490 e. The lowest BCUT2D eigenvalue weighted by Gasteiger charge is -2.23. The van der Waals surface area contributed by atoms with E-state index in [1.807, 2.05) is 31.2 Å². The van der Waals surface area contributed by atoms with Crippen LogP contribution in [0.3, 0.4) is 0 Å². The summed E-state index contributed by atoms with van der Waals surface area (Å²) in [5.41, 5.74) is 1.10. The summed E-state index contributed by atoms with van der Waals surface area (Å²) in [6, 6.07) is 8.01. The summed E-state index contributed by atoms with van der Waals surface area (Å²) in [4.78, 5) is 11.4. The molecule has 4 heteroatoms. The van der Waals surface area contributed by atoms with E-state index in [9.17, 15) is 4.79 Å². The van der Waals surface area contributed by atoms with Crippen molar-refractivity contribution in [3.63, 3.8) is 0 Å². The third-order valence-corrected chi connectivity index (χ3v) is 3.48. The van der Waals surface area contributed by atoms with Gasteiger partial charge in [0.05, 0.1) is 0 Å². The molecule has 1 aromatic carbocycles. The molecule has 1 amide bonds. The van der Waals surface area contributed by atoms with Crippen molar-refractivity contribution in [3.05, 3.63) is 29.8 Å². The van der Waals surface area contributed by atoms with Crippen molar-refractivity contribution in [2.45, 2.75) is 45.3 Å². The molecule has 2 rings (SSSR count). The van der Waals surface area contributed by atoms with Crippen LogP contribution in [0.2, 0.25) is 0 Å². The number of rotatable bonds is 6. The van der Waals surface area contributed by atoms with Crippen LogP contribution in [0.15, 0.2) is 24.3 Å². The van der Waals surface area contributed by atoms with Gasteiger partial charge in [0.25, 0.3) is 0 Å². The SMILES string of the molecule is CCCC(=O)NCc1ccc(OC2CCNCC2)cc1. The van der Waals surface area contributed by atoms with Gasteiger partial charge in [-0.3, -0.25) is 4.79 Å². The first-order valence-corrected chi connectivity index (χ1v) is 7.51. The Hall–Kier alpha value is -1.55. The third-order valence-electron chi connectivity index (χ3n) is 3.48. The summed E-state index contributed by atoms with van der Waals surface area (Å²) in [6.07, 6.45) is 3.93. The first-order chi connectivity index (χ1) is 9.78. The van der Waals surface area contributed by atoms with Crippen molar-refractivity contribution in [1.29, 1.82) is 0 Å². The number of nitrogens with one attached hydrogen (secondary N) is 2. The molecule has 1 aromatic rings. The fraction of sp³-hybridized carbons (Fsp3) is 0.562. The minimum atomic E-state index is 0.113. The van der Waals surface area contributed by atoms with Crippen LogP contribution >= 0.6 is 0 Å². The predicted octanol–water partition coefficient (Wildman–Crippen LogP) is 2.23. The van der Waals surface area contributed by atoms with Gasteiger partial charge >= 0.3 is 0 Å². The molecular formula is C16H24N2O2. The molecule has 1 aliphatic rings. The molecule has 0 aliphatic carbocycles. The molecule has 0 unspecified atom stereocenters. The average Bonchev–Trinajstić information content (AvgIpc) is 2.48. The smallest absolute Gasteiger partial charge is 0.220 e. The molecule has 2 N–H and O–H groups in total. The first kappa shape index (κ1) is 14.9. The zero-order valence-corrected chi connectivity index (χ0v) is 12.2. The highest BCUT2D eigenvalue weighted by atomic mass is 16.5. The minimum absolute atomic E-state index is 0.113. The van der Waals surface area contributed by atoms with E-state index in [0.717, 1.165) is 43.7 Å². The Morgan fingerprint density at radius 1 is 1.30 bits per heavy atom. The lowest BCUT2D eigenvalue weighted by Crippen LogP contribution is -2.34. The maximum atomic E-state index is 11.4. The van der Waals surface area contributed by atoms with E-state index in [1.165, 1.54) is 0 Å². The fourth-order valence-corrected chi connectivity index (χ4v) is 2.31. The summed E-state index contributed by atoms with van der Waals surface area (Å²) in [7, 11) is 0. The maximum Gasteiger partial charge on any atom is 0.220 e. The fourth-order valence-electron chi connectivity index (χ4n) is 2.31. The highest BCUT2D eigenvalue weighted by Gasteiger charge is 2.14. The molecule has 0 spiro atoms. The third kappa shape index (κ3) is 4.85. The highest BCUT2D eigenvalue weighted by molar-refractivity contribution is 5.75. The van der Waals surface area contributed by atoms with Gasteiger partial charge in [-0.05, 0) is 50.0 Å². The van der Waals surface area contributed by atoms with E-state index in [4.69, 9.17) is 4.74 Å². The molecule has 0 aromatic heterocycles. The van der Waals surface area contributed by atoms with E-state index in [2.05, 4.69) is 10.6 Å². The van der Waals surface area contributed by atoms with Gasteiger partial charge in [-0.1, -0.05) is 19.1 Å². The number of benzene rings is 1. The van der Waals surface area contributed by atoms with Crippen LogP contribution in [-0.2, 0) is 11.3 Å². The standard InChI is InChI=1S/C16H24N2O2/c1-2-3-16(19)18-12-13-4-6-14(7-5-13)20-15-8-10-17-11-9-15/h4-7,15,17H,2-3,8-12H2,1H3,(H,18,19). The number of piperidine rings is 1. The zero-order chi connectivity index (χ0) is 14.2. The lowest BCUT2D eigenvalue weighted by molar-refractivity contribution is -0.121. The van der Waals surface area contributed by atoms with Gasteiger partial charge in [-0.25, -0.2) is 0 Å². The summed E-state index contributed by atoms with van der Waals surface area (Å²) in [5.74, 6) is 1.03. The topological polar surface area (TPSA) is 50.4 Å². The van der Waals surface area contributed by atoms with Crippen molar-refractivity contribution >= 4 is 5.91 Å². The molecule has 20 heavy (non-hydrogen) atoms. The quantitative estimate of drug-likeness (QED) is 0.837. The molecule has 1 aliphatic heterocycles. The molecule has 0 saturated carbocycles. The van der Waals surface area contributed by atoms with E-state index in [1.54, 1.807) is 0 Å².